The third kappa shape index (κ3) is 5.39. The zero-order chi connectivity index (χ0) is 36.0. The van der Waals surface area contributed by atoms with Gasteiger partial charge in [0.15, 0.2) is 11.6 Å². The highest BCUT2D eigenvalue weighted by Gasteiger charge is 2.56. The SMILES string of the molecule is CC1(C)C(=O)C2=C(c3ccc(N(c4ccccc4)c4ccccc4)cc3)C(C)(C)C(=O)C2=C1c1ccc(N(c2ccccc2)c2ccccc2)cc1. The van der Waals surface area contributed by atoms with Gasteiger partial charge in [0.2, 0.25) is 0 Å². The largest absolute Gasteiger partial charge is 0.311 e. The zero-order valence-corrected chi connectivity index (χ0v) is 29.9. The molecule has 0 atom stereocenters. The molecular weight excluding hydrogens is 637 g/mol. The predicted molar refractivity (Wildman–Crippen MR) is 214 cm³/mol. The lowest BCUT2D eigenvalue weighted by molar-refractivity contribution is -0.121. The van der Waals surface area contributed by atoms with Crippen LogP contribution in [0.15, 0.2) is 181 Å². The number of rotatable bonds is 8. The summed E-state index contributed by atoms with van der Waals surface area (Å²) in [6.45, 7) is 7.82. The summed E-state index contributed by atoms with van der Waals surface area (Å²) in [4.78, 5) is 33.5. The zero-order valence-electron chi connectivity index (χ0n) is 29.9. The molecule has 52 heavy (non-hydrogen) atoms. The monoisotopic (exact) mass is 676 g/mol. The fraction of sp³-hybridized carbons (Fsp3) is 0.125. The van der Waals surface area contributed by atoms with E-state index in [1.807, 2.05) is 100 Å². The average molecular weight is 677 g/mol. The maximum Gasteiger partial charge on any atom is 0.173 e. The topological polar surface area (TPSA) is 40.6 Å². The van der Waals surface area contributed by atoms with E-state index in [1.165, 1.54) is 0 Å². The summed E-state index contributed by atoms with van der Waals surface area (Å²) in [6.07, 6.45) is 0. The first kappa shape index (κ1) is 32.9. The van der Waals surface area contributed by atoms with Gasteiger partial charge in [-0.05, 0) is 123 Å². The molecule has 6 aromatic rings. The number of ketones is 2. The van der Waals surface area contributed by atoms with Crippen molar-refractivity contribution in [1.82, 2.24) is 0 Å². The van der Waals surface area contributed by atoms with Crippen LogP contribution in [0, 0.1) is 10.8 Å². The summed E-state index contributed by atoms with van der Waals surface area (Å²) in [5.74, 6) is -0.0186. The van der Waals surface area contributed by atoms with Crippen molar-refractivity contribution in [2.24, 2.45) is 10.8 Å². The van der Waals surface area contributed by atoms with E-state index in [4.69, 9.17) is 0 Å². The Morgan fingerprint density at radius 2 is 0.558 bits per heavy atom. The molecule has 4 heteroatoms. The number of benzene rings is 6. The molecule has 0 aliphatic heterocycles. The summed E-state index contributed by atoms with van der Waals surface area (Å²) in [6, 6.07) is 57.7. The minimum Gasteiger partial charge on any atom is -0.311 e. The van der Waals surface area contributed by atoms with E-state index in [-0.39, 0.29) is 11.6 Å². The lowest BCUT2D eigenvalue weighted by Gasteiger charge is -2.28. The van der Waals surface area contributed by atoms with Gasteiger partial charge in [0.25, 0.3) is 0 Å². The van der Waals surface area contributed by atoms with E-state index in [9.17, 15) is 9.59 Å². The molecule has 6 aromatic carbocycles. The van der Waals surface area contributed by atoms with Gasteiger partial charge in [0.1, 0.15) is 0 Å². The van der Waals surface area contributed by atoms with Gasteiger partial charge in [-0.3, -0.25) is 9.59 Å². The molecule has 0 saturated carbocycles. The number of carbonyl (C=O) groups is 2. The highest BCUT2D eigenvalue weighted by molar-refractivity contribution is 6.36. The van der Waals surface area contributed by atoms with E-state index < -0.39 is 10.8 Å². The molecule has 2 aliphatic carbocycles. The van der Waals surface area contributed by atoms with Gasteiger partial charge in [0, 0.05) is 45.3 Å². The minimum absolute atomic E-state index is 0.00928. The number of allylic oxidation sites excluding steroid dienone is 4. The second kappa shape index (κ2) is 12.8. The first-order chi connectivity index (χ1) is 25.2. The van der Waals surface area contributed by atoms with E-state index in [1.54, 1.807) is 0 Å². The van der Waals surface area contributed by atoms with E-state index in [2.05, 4.69) is 107 Å². The van der Waals surface area contributed by atoms with Gasteiger partial charge in [-0.2, -0.15) is 0 Å². The van der Waals surface area contributed by atoms with Crippen molar-refractivity contribution < 1.29 is 9.59 Å². The van der Waals surface area contributed by atoms with Gasteiger partial charge in [-0.15, -0.1) is 0 Å². The molecule has 254 valence electrons. The summed E-state index contributed by atoms with van der Waals surface area (Å²) in [7, 11) is 0. The maximum absolute atomic E-state index is 14.5. The van der Waals surface area contributed by atoms with Crippen LogP contribution in [-0.4, -0.2) is 11.6 Å². The number of hydrogen-bond donors (Lipinski definition) is 0. The second-order valence-electron chi connectivity index (χ2n) is 14.5. The van der Waals surface area contributed by atoms with Gasteiger partial charge in [0.05, 0.1) is 10.8 Å². The molecule has 0 bridgehead atoms. The average Bonchev–Trinajstić information content (AvgIpc) is 3.50. The molecule has 0 radical (unpaired) electrons. The van der Waals surface area contributed by atoms with Crippen LogP contribution in [0.1, 0.15) is 38.8 Å². The Hall–Kier alpha value is -6.26. The van der Waals surface area contributed by atoms with E-state index >= 15 is 0 Å². The third-order valence-electron chi connectivity index (χ3n) is 10.5. The Morgan fingerprint density at radius 1 is 0.327 bits per heavy atom. The number of fused-ring (bicyclic) bond motifs is 1. The van der Waals surface area contributed by atoms with Crippen molar-refractivity contribution in [3.05, 3.63) is 192 Å². The lowest BCUT2D eigenvalue weighted by Crippen LogP contribution is -2.26. The first-order valence-corrected chi connectivity index (χ1v) is 17.8. The number of hydrogen-bond acceptors (Lipinski definition) is 4. The number of para-hydroxylation sites is 4. The molecule has 0 spiro atoms. The Balaban J connectivity index is 1.22. The van der Waals surface area contributed by atoms with E-state index in [0.717, 1.165) is 56.4 Å². The second-order valence-corrected chi connectivity index (χ2v) is 14.5. The van der Waals surface area contributed by atoms with Crippen LogP contribution >= 0.6 is 0 Å². The Kier molecular flexibility index (Phi) is 8.11. The first-order valence-electron chi connectivity index (χ1n) is 17.8. The summed E-state index contributed by atoms with van der Waals surface area (Å²) < 4.78 is 0. The summed E-state index contributed by atoms with van der Waals surface area (Å²) in [5, 5.41) is 0. The fourth-order valence-electron chi connectivity index (χ4n) is 7.95. The Bertz CT molecular complexity index is 2090. The van der Waals surface area contributed by atoms with E-state index in [0.29, 0.717) is 11.1 Å². The van der Waals surface area contributed by atoms with Crippen molar-refractivity contribution in [3.8, 4) is 0 Å². The van der Waals surface area contributed by atoms with Crippen LogP contribution in [0.2, 0.25) is 0 Å². The number of Topliss-reactive ketones (excluding diaryl/α,β-unsaturated/α-hetero) is 2. The smallest absolute Gasteiger partial charge is 0.173 e. The van der Waals surface area contributed by atoms with Gasteiger partial charge in [-0.25, -0.2) is 0 Å². The van der Waals surface area contributed by atoms with Gasteiger partial charge < -0.3 is 9.80 Å². The lowest BCUT2D eigenvalue weighted by atomic mass is 9.74. The molecule has 0 N–H and O–H groups in total. The van der Waals surface area contributed by atoms with Crippen LogP contribution in [-0.2, 0) is 9.59 Å². The number of carbonyl (C=O) groups excluding carboxylic acids is 2. The van der Waals surface area contributed by atoms with Crippen LogP contribution in [0.4, 0.5) is 34.1 Å². The van der Waals surface area contributed by atoms with Crippen molar-refractivity contribution in [2.45, 2.75) is 27.7 Å². The molecule has 0 fully saturated rings. The van der Waals surface area contributed by atoms with Crippen molar-refractivity contribution in [2.75, 3.05) is 9.80 Å². The third-order valence-corrected chi connectivity index (χ3v) is 10.5. The van der Waals surface area contributed by atoms with Crippen LogP contribution < -0.4 is 9.80 Å². The van der Waals surface area contributed by atoms with Crippen molar-refractivity contribution in [1.29, 1.82) is 0 Å². The van der Waals surface area contributed by atoms with Crippen LogP contribution in [0.5, 0.6) is 0 Å². The highest BCUT2D eigenvalue weighted by atomic mass is 16.1. The molecular formula is C48H40N2O2. The molecule has 8 rings (SSSR count). The Labute approximate surface area is 306 Å². The summed E-state index contributed by atoms with van der Waals surface area (Å²) >= 11 is 0. The molecule has 0 saturated heterocycles. The van der Waals surface area contributed by atoms with Crippen LogP contribution in [0.3, 0.4) is 0 Å². The van der Waals surface area contributed by atoms with Crippen molar-refractivity contribution in [3.63, 3.8) is 0 Å². The quantitative estimate of drug-likeness (QED) is 0.161. The van der Waals surface area contributed by atoms with Gasteiger partial charge in [-0.1, -0.05) is 97.1 Å². The van der Waals surface area contributed by atoms with Crippen LogP contribution in [0.25, 0.3) is 11.1 Å². The van der Waals surface area contributed by atoms with Crippen molar-refractivity contribution >= 4 is 56.8 Å². The molecule has 2 aliphatic rings. The predicted octanol–water partition coefficient (Wildman–Crippen LogP) is 12.1. The molecule has 0 aromatic heterocycles. The maximum atomic E-state index is 14.5. The van der Waals surface area contributed by atoms with Gasteiger partial charge >= 0.3 is 0 Å². The molecule has 0 heterocycles. The normalized spacial score (nSPS) is 15.9. The fourth-order valence-corrected chi connectivity index (χ4v) is 7.95. The molecule has 0 amide bonds. The Morgan fingerprint density at radius 3 is 0.808 bits per heavy atom. The standard InChI is InChI=1S/C48H40N2O2/c1-47(2)43(33-25-29-39(30-26-33)49(35-17-9-5-10-18-35)36-19-11-6-12-20-36)41-42(45(47)51)44(48(3,4)46(41)52)34-27-31-40(32-28-34)50(37-21-13-7-14-22-37)38-23-15-8-16-24-38/h5-32H,1-4H3. The molecule has 4 nitrogen and oxygen atoms in total. The molecule has 0 unspecified atom stereocenters. The number of nitrogens with zero attached hydrogens (tertiary/aromatic N) is 2. The minimum atomic E-state index is -0.875. The summed E-state index contributed by atoms with van der Waals surface area (Å²) in [5.41, 5.74) is 8.90. The number of anilines is 6. The highest BCUT2D eigenvalue weighted by Crippen LogP contribution is 2.59.